The summed E-state index contributed by atoms with van der Waals surface area (Å²) in [5, 5.41) is 12.7. The van der Waals surface area contributed by atoms with Crippen LogP contribution in [0.4, 0.5) is 10.2 Å². The summed E-state index contributed by atoms with van der Waals surface area (Å²) in [6, 6.07) is 13.9. The lowest BCUT2D eigenvalue weighted by molar-refractivity contribution is -0.0000156. The number of nitrogens with zero attached hydrogens (tertiary/aromatic N) is 2. The third-order valence-corrected chi connectivity index (χ3v) is 3.86. The molecule has 0 saturated heterocycles. The number of nitrogens with one attached hydrogen (secondary N) is 2. The molecule has 0 spiro atoms. The van der Waals surface area contributed by atoms with E-state index in [1.165, 1.54) is 12.1 Å². The molecule has 1 amide bonds. The first-order chi connectivity index (χ1) is 13.6. The van der Waals surface area contributed by atoms with Crippen molar-refractivity contribution >= 4 is 11.7 Å². The molecule has 1 aromatic heterocycles. The van der Waals surface area contributed by atoms with Gasteiger partial charge in [0.15, 0.2) is 0 Å². The standard InChI is InChI=1S/C19H20FN5O3.ClH/c20-15-6-4-13(5-7-15)12-27-16-3-1-2-14(10-16)11-22-8-9-23-19(26)17-18(21)25-28-24-17;/h1-7,10,22H,8-9,11-12H2,(H2,21,25)(H,23,26);1H/p-1. The molecule has 3 aromatic rings. The fourth-order valence-electron chi connectivity index (χ4n) is 2.43. The van der Waals surface area contributed by atoms with Crippen LogP contribution in [0.25, 0.3) is 0 Å². The van der Waals surface area contributed by atoms with Gasteiger partial charge in [-0.1, -0.05) is 24.3 Å². The quantitative estimate of drug-likeness (QED) is 0.376. The Morgan fingerprint density at radius 1 is 1.10 bits per heavy atom. The Morgan fingerprint density at radius 2 is 1.90 bits per heavy atom. The van der Waals surface area contributed by atoms with Gasteiger partial charge in [-0.3, -0.25) is 4.79 Å². The number of hydrogen-bond acceptors (Lipinski definition) is 7. The van der Waals surface area contributed by atoms with E-state index in [4.69, 9.17) is 10.5 Å². The van der Waals surface area contributed by atoms with E-state index in [1.54, 1.807) is 12.1 Å². The molecule has 0 saturated carbocycles. The van der Waals surface area contributed by atoms with Crippen LogP contribution in [-0.2, 0) is 13.2 Å². The maximum atomic E-state index is 12.9. The largest absolute Gasteiger partial charge is 1.00 e. The zero-order valence-corrected chi connectivity index (χ0v) is 16.2. The number of anilines is 1. The van der Waals surface area contributed by atoms with Gasteiger partial charge < -0.3 is 33.5 Å². The zero-order chi connectivity index (χ0) is 19.8. The highest BCUT2D eigenvalue weighted by molar-refractivity contribution is 5.95. The van der Waals surface area contributed by atoms with Crippen LogP contribution in [0.5, 0.6) is 5.75 Å². The average molecular weight is 421 g/mol. The molecule has 0 aliphatic carbocycles. The van der Waals surface area contributed by atoms with Gasteiger partial charge in [0, 0.05) is 19.6 Å². The fourth-order valence-corrected chi connectivity index (χ4v) is 2.43. The Hall–Kier alpha value is -3.17. The monoisotopic (exact) mass is 420 g/mol. The number of hydrogen-bond donors (Lipinski definition) is 3. The van der Waals surface area contributed by atoms with Crippen molar-refractivity contribution in [1.82, 2.24) is 20.9 Å². The molecule has 0 aliphatic rings. The fraction of sp³-hybridized carbons (Fsp3) is 0.211. The molecular formula is C19H20ClFN5O3-. The summed E-state index contributed by atoms with van der Waals surface area (Å²) >= 11 is 0. The second-order valence-electron chi connectivity index (χ2n) is 5.99. The minimum atomic E-state index is -0.434. The van der Waals surface area contributed by atoms with Crippen LogP contribution in [0.2, 0.25) is 0 Å². The van der Waals surface area contributed by atoms with E-state index >= 15 is 0 Å². The molecule has 29 heavy (non-hydrogen) atoms. The number of amides is 1. The Labute approximate surface area is 173 Å². The Morgan fingerprint density at radius 3 is 2.62 bits per heavy atom. The maximum Gasteiger partial charge on any atom is 0.277 e. The van der Waals surface area contributed by atoms with Crippen molar-refractivity contribution in [1.29, 1.82) is 0 Å². The van der Waals surface area contributed by atoms with Gasteiger partial charge in [-0.25, -0.2) is 9.02 Å². The third-order valence-electron chi connectivity index (χ3n) is 3.86. The number of rotatable bonds is 9. The van der Waals surface area contributed by atoms with E-state index < -0.39 is 5.91 Å². The van der Waals surface area contributed by atoms with Crippen molar-refractivity contribution in [3.05, 3.63) is 71.2 Å². The first-order valence-corrected chi connectivity index (χ1v) is 8.65. The molecule has 0 aliphatic heterocycles. The van der Waals surface area contributed by atoms with Crippen molar-refractivity contribution in [3.63, 3.8) is 0 Å². The molecular weight excluding hydrogens is 401 g/mol. The van der Waals surface area contributed by atoms with Gasteiger partial charge >= 0.3 is 0 Å². The molecule has 4 N–H and O–H groups in total. The molecule has 0 radical (unpaired) electrons. The number of halogens is 2. The second kappa shape index (κ2) is 11.0. The summed E-state index contributed by atoms with van der Waals surface area (Å²) in [5.74, 6) is -0.0141. The highest BCUT2D eigenvalue weighted by atomic mass is 35.5. The van der Waals surface area contributed by atoms with Crippen molar-refractivity contribution in [3.8, 4) is 5.75 Å². The van der Waals surface area contributed by atoms with Crippen molar-refractivity contribution in [2.75, 3.05) is 18.8 Å². The van der Waals surface area contributed by atoms with Gasteiger partial charge in [-0.15, -0.1) is 0 Å². The van der Waals surface area contributed by atoms with Crippen LogP contribution < -0.4 is 33.5 Å². The molecule has 10 heteroatoms. The maximum absolute atomic E-state index is 12.9. The van der Waals surface area contributed by atoms with E-state index in [0.717, 1.165) is 16.9 Å². The molecule has 0 unspecified atom stereocenters. The van der Waals surface area contributed by atoms with Gasteiger partial charge in [0.2, 0.25) is 11.5 Å². The van der Waals surface area contributed by atoms with Crippen LogP contribution in [0, 0.1) is 5.82 Å². The molecule has 154 valence electrons. The smallest absolute Gasteiger partial charge is 0.277 e. The highest BCUT2D eigenvalue weighted by Gasteiger charge is 2.14. The van der Waals surface area contributed by atoms with Gasteiger partial charge in [-0.05, 0) is 45.7 Å². The van der Waals surface area contributed by atoms with Crippen LogP contribution in [0.3, 0.4) is 0 Å². The predicted octanol–water partition coefficient (Wildman–Crippen LogP) is -1.11. The summed E-state index contributed by atoms with van der Waals surface area (Å²) in [6.07, 6.45) is 0. The van der Waals surface area contributed by atoms with E-state index in [-0.39, 0.29) is 29.7 Å². The molecule has 8 nitrogen and oxygen atoms in total. The Kier molecular flexibility index (Phi) is 8.38. The average Bonchev–Trinajstić information content (AvgIpc) is 3.13. The molecule has 2 aromatic carbocycles. The predicted molar refractivity (Wildman–Crippen MR) is 99.9 cm³/mol. The molecule has 3 rings (SSSR count). The van der Waals surface area contributed by atoms with Crippen LogP contribution >= 0.6 is 0 Å². The van der Waals surface area contributed by atoms with Crippen molar-refractivity contribution < 1.29 is 31.0 Å². The lowest BCUT2D eigenvalue weighted by atomic mass is 10.2. The summed E-state index contributed by atoms with van der Waals surface area (Å²) < 4.78 is 23.1. The van der Waals surface area contributed by atoms with Crippen LogP contribution in [0.1, 0.15) is 21.6 Å². The Bertz CT molecular complexity index is 920. The van der Waals surface area contributed by atoms with Crippen molar-refractivity contribution in [2.24, 2.45) is 0 Å². The number of benzene rings is 2. The van der Waals surface area contributed by atoms with Gasteiger partial charge in [0.25, 0.3) is 5.91 Å². The van der Waals surface area contributed by atoms with E-state index in [2.05, 4.69) is 25.6 Å². The number of nitrogen functional groups attached to an aromatic ring is 1. The minimum Gasteiger partial charge on any atom is -1.00 e. The third kappa shape index (κ3) is 6.74. The lowest BCUT2D eigenvalue weighted by Crippen LogP contribution is -3.00. The first kappa shape index (κ1) is 22.1. The van der Waals surface area contributed by atoms with E-state index in [0.29, 0.717) is 26.2 Å². The molecule has 0 fully saturated rings. The second-order valence-corrected chi connectivity index (χ2v) is 5.99. The van der Waals surface area contributed by atoms with Crippen molar-refractivity contribution in [2.45, 2.75) is 13.2 Å². The normalized spacial score (nSPS) is 10.2. The molecule has 1 heterocycles. The number of carbonyl (C=O) groups excluding carboxylic acids is 1. The van der Waals surface area contributed by atoms with Gasteiger partial charge in [0.05, 0.1) is 0 Å². The number of ether oxygens (including phenoxy) is 1. The summed E-state index contributed by atoms with van der Waals surface area (Å²) in [7, 11) is 0. The summed E-state index contributed by atoms with van der Waals surface area (Å²) in [5.41, 5.74) is 7.36. The first-order valence-electron chi connectivity index (χ1n) is 8.65. The topological polar surface area (TPSA) is 115 Å². The van der Waals surface area contributed by atoms with Crippen LogP contribution in [0.15, 0.2) is 53.2 Å². The summed E-state index contributed by atoms with van der Waals surface area (Å²) in [6.45, 7) is 1.92. The SMILES string of the molecule is Nc1nonc1C(=O)NCCNCc1cccc(OCc2ccc(F)cc2)c1.[Cl-]. The van der Waals surface area contributed by atoms with Gasteiger partial charge in [0.1, 0.15) is 18.2 Å². The van der Waals surface area contributed by atoms with E-state index in [9.17, 15) is 9.18 Å². The zero-order valence-electron chi connectivity index (χ0n) is 15.4. The Balaban J connectivity index is 0.00000300. The van der Waals surface area contributed by atoms with E-state index in [1.807, 2.05) is 24.3 Å². The number of carbonyl (C=O) groups is 1. The number of aromatic nitrogens is 2. The lowest BCUT2D eigenvalue weighted by Gasteiger charge is -2.09. The van der Waals surface area contributed by atoms with Gasteiger partial charge in [-0.2, -0.15) is 0 Å². The highest BCUT2D eigenvalue weighted by Crippen LogP contribution is 2.15. The molecule has 0 atom stereocenters. The molecule has 0 bridgehead atoms. The summed E-state index contributed by atoms with van der Waals surface area (Å²) in [4.78, 5) is 11.8. The number of nitrogens with two attached hydrogens (primary N) is 1. The minimum absolute atomic E-state index is 0. The van der Waals surface area contributed by atoms with Crippen LogP contribution in [-0.4, -0.2) is 29.3 Å².